The van der Waals surface area contributed by atoms with Crippen molar-refractivity contribution in [1.29, 1.82) is 0 Å². The molecule has 3 N–H and O–H groups in total. The predicted molar refractivity (Wildman–Crippen MR) is 53.9 cm³/mol. The number of carboxylic acid groups (broad SMARTS) is 1. The molecule has 0 saturated heterocycles. The summed E-state index contributed by atoms with van der Waals surface area (Å²) in [5.74, 6) is 0. The van der Waals surface area contributed by atoms with Crippen LogP contribution in [-0.4, -0.2) is 11.2 Å². The fourth-order valence-electron chi connectivity index (χ4n) is 1.14. The summed E-state index contributed by atoms with van der Waals surface area (Å²) in [6.07, 6.45) is -1.08. The van der Waals surface area contributed by atoms with Gasteiger partial charge < -0.3 is 5.11 Å². The van der Waals surface area contributed by atoms with E-state index in [9.17, 15) is 4.79 Å². The van der Waals surface area contributed by atoms with Crippen molar-refractivity contribution in [1.82, 2.24) is 10.9 Å². The number of rotatable bonds is 3. The van der Waals surface area contributed by atoms with Gasteiger partial charge in [0.1, 0.15) is 0 Å². The van der Waals surface area contributed by atoms with Gasteiger partial charge in [-0.25, -0.2) is 10.2 Å². The molecule has 4 nitrogen and oxygen atoms in total. The van der Waals surface area contributed by atoms with Gasteiger partial charge in [0.25, 0.3) is 0 Å². The molecule has 0 aliphatic carbocycles. The average molecular weight is 194 g/mol. The summed E-state index contributed by atoms with van der Waals surface area (Å²) in [7, 11) is 0. The SMILES string of the molecule is Cc1ccc(CNNC(=O)O)cc1C. The lowest BCUT2D eigenvalue weighted by atomic mass is 10.1. The van der Waals surface area contributed by atoms with Gasteiger partial charge in [-0.05, 0) is 30.5 Å². The number of benzene rings is 1. The van der Waals surface area contributed by atoms with Crippen molar-refractivity contribution in [2.24, 2.45) is 0 Å². The maximum Gasteiger partial charge on any atom is 0.419 e. The normalized spacial score (nSPS) is 9.86. The highest BCUT2D eigenvalue weighted by Crippen LogP contribution is 2.08. The Morgan fingerprint density at radius 1 is 1.36 bits per heavy atom. The number of hydrazine groups is 1. The largest absolute Gasteiger partial charge is 0.464 e. The number of hydrogen-bond donors (Lipinski definition) is 3. The molecule has 1 aromatic carbocycles. The van der Waals surface area contributed by atoms with Crippen LogP contribution in [0.5, 0.6) is 0 Å². The summed E-state index contributed by atoms with van der Waals surface area (Å²) in [6, 6.07) is 6.03. The molecule has 0 unspecified atom stereocenters. The molecule has 0 aliphatic heterocycles. The van der Waals surface area contributed by atoms with Crippen molar-refractivity contribution in [3.8, 4) is 0 Å². The first-order chi connectivity index (χ1) is 6.59. The van der Waals surface area contributed by atoms with Gasteiger partial charge >= 0.3 is 6.09 Å². The van der Waals surface area contributed by atoms with Crippen LogP contribution in [0.2, 0.25) is 0 Å². The maximum absolute atomic E-state index is 10.1. The zero-order valence-corrected chi connectivity index (χ0v) is 8.29. The molecule has 0 bridgehead atoms. The zero-order chi connectivity index (χ0) is 10.6. The summed E-state index contributed by atoms with van der Waals surface area (Å²) in [6.45, 7) is 4.57. The van der Waals surface area contributed by atoms with Crippen molar-refractivity contribution in [3.63, 3.8) is 0 Å². The highest BCUT2D eigenvalue weighted by Gasteiger charge is 1.97. The van der Waals surface area contributed by atoms with E-state index < -0.39 is 6.09 Å². The van der Waals surface area contributed by atoms with E-state index in [1.54, 1.807) is 0 Å². The van der Waals surface area contributed by atoms with E-state index in [0.717, 1.165) is 5.56 Å². The van der Waals surface area contributed by atoms with Crippen LogP contribution in [0.3, 0.4) is 0 Å². The van der Waals surface area contributed by atoms with Crippen molar-refractivity contribution in [2.75, 3.05) is 0 Å². The van der Waals surface area contributed by atoms with Crippen molar-refractivity contribution in [3.05, 3.63) is 34.9 Å². The predicted octanol–water partition coefficient (Wildman–Crippen LogP) is 1.58. The Hall–Kier alpha value is -1.55. The van der Waals surface area contributed by atoms with Gasteiger partial charge in [-0.2, -0.15) is 0 Å². The smallest absolute Gasteiger partial charge is 0.419 e. The number of nitrogens with one attached hydrogen (secondary N) is 2. The second kappa shape index (κ2) is 4.62. The molecule has 1 rings (SSSR count). The fraction of sp³-hybridized carbons (Fsp3) is 0.300. The number of amides is 1. The minimum Gasteiger partial charge on any atom is -0.464 e. The Labute approximate surface area is 82.9 Å². The van der Waals surface area contributed by atoms with Crippen LogP contribution in [-0.2, 0) is 6.54 Å². The zero-order valence-electron chi connectivity index (χ0n) is 8.29. The van der Waals surface area contributed by atoms with E-state index in [0.29, 0.717) is 6.54 Å². The van der Waals surface area contributed by atoms with Crippen molar-refractivity contribution >= 4 is 6.09 Å². The summed E-state index contributed by atoms with van der Waals surface area (Å²) in [4.78, 5) is 10.1. The monoisotopic (exact) mass is 194 g/mol. The topological polar surface area (TPSA) is 61.4 Å². The lowest BCUT2D eigenvalue weighted by molar-refractivity contribution is 0.189. The minimum atomic E-state index is -1.08. The van der Waals surface area contributed by atoms with Crippen LogP contribution in [0, 0.1) is 13.8 Å². The summed E-state index contributed by atoms with van der Waals surface area (Å²) in [5, 5.41) is 8.32. The molecule has 14 heavy (non-hydrogen) atoms. The second-order valence-corrected chi connectivity index (χ2v) is 3.20. The van der Waals surface area contributed by atoms with E-state index in [1.807, 2.05) is 32.0 Å². The molecule has 0 fully saturated rings. The highest BCUT2D eigenvalue weighted by atomic mass is 16.4. The van der Waals surface area contributed by atoms with Gasteiger partial charge in [0.05, 0.1) is 0 Å². The Kier molecular flexibility index (Phi) is 3.48. The standard InChI is InChI=1S/C10H14N2O2/c1-7-3-4-9(5-8(7)2)6-11-12-10(13)14/h3-5,11-12H,6H2,1-2H3,(H,13,14). The average Bonchev–Trinajstić information content (AvgIpc) is 2.10. The van der Waals surface area contributed by atoms with Gasteiger partial charge in [-0.1, -0.05) is 18.2 Å². The van der Waals surface area contributed by atoms with Crippen LogP contribution in [0.4, 0.5) is 4.79 Å². The molecule has 0 spiro atoms. The molecule has 1 amide bonds. The molecule has 0 saturated carbocycles. The lowest BCUT2D eigenvalue weighted by Gasteiger charge is -2.06. The Balaban J connectivity index is 2.51. The van der Waals surface area contributed by atoms with Gasteiger partial charge in [-0.15, -0.1) is 0 Å². The van der Waals surface area contributed by atoms with Crippen molar-refractivity contribution in [2.45, 2.75) is 20.4 Å². The van der Waals surface area contributed by atoms with Gasteiger partial charge in [0, 0.05) is 6.54 Å². The number of aryl methyl sites for hydroxylation is 2. The molecule has 0 radical (unpaired) electrons. The highest BCUT2D eigenvalue weighted by molar-refractivity contribution is 5.63. The number of hydrogen-bond acceptors (Lipinski definition) is 2. The number of carbonyl (C=O) groups is 1. The second-order valence-electron chi connectivity index (χ2n) is 3.20. The van der Waals surface area contributed by atoms with Gasteiger partial charge in [-0.3, -0.25) is 5.43 Å². The fourth-order valence-corrected chi connectivity index (χ4v) is 1.14. The van der Waals surface area contributed by atoms with Gasteiger partial charge in [0.15, 0.2) is 0 Å². The van der Waals surface area contributed by atoms with E-state index in [4.69, 9.17) is 5.11 Å². The first kappa shape index (κ1) is 10.5. The first-order valence-corrected chi connectivity index (χ1v) is 4.37. The van der Waals surface area contributed by atoms with Crippen LogP contribution in [0.15, 0.2) is 18.2 Å². The van der Waals surface area contributed by atoms with E-state index in [-0.39, 0.29) is 0 Å². The lowest BCUT2D eigenvalue weighted by Crippen LogP contribution is -2.35. The van der Waals surface area contributed by atoms with Crippen LogP contribution in [0.25, 0.3) is 0 Å². The Bertz CT molecular complexity index is 337. The molecular formula is C10H14N2O2. The summed E-state index contributed by atoms with van der Waals surface area (Å²) >= 11 is 0. The van der Waals surface area contributed by atoms with E-state index in [1.165, 1.54) is 11.1 Å². The molecule has 4 heteroatoms. The van der Waals surface area contributed by atoms with Crippen molar-refractivity contribution < 1.29 is 9.90 Å². The molecule has 0 aliphatic rings. The molecular weight excluding hydrogens is 180 g/mol. The first-order valence-electron chi connectivity index (χ1n) is 4.37. The van der Waals surface area contributed by atoms with Crippen LogP contribution < -0.4 is 10.9 Å². The molecule has 0 atom stereocenters. The third-order valence-corrected chi connectivity index (χ3v) is 2.06. The third-order valence-electron chi connectivity index (χ3n) is 2.06. The van der Waals surface area contributed by atoms with Crippen LogP contribution in [0.1, 0.15) is 16.7 Å². The van der Waals surface area contributed by atoms with E-state index >= 15 is 0 Å². The maximum atomic E-state index is 10.1. The van der Waals surface area contributed by atoms with Crippen LogP contribution >= 0.6 is 0 Å². The molecule has 0 aromatic heterocycles. The van der Waals surface area contributed by atoms with Gasteiger partial charge in [0.2, 0.25) is 0 Å². The summed E-state index contributed by atoms with van der Waals surface area (Å²) in [5.41, 5.74) is 8.19. The summed E-state index contributed by atoms with van der Waals surface area (Å²) < 4.78 is 0. The minimum absolute atomic E-state index is 0.493. The quantitative estimate of drug-likeness (QED) is 0.640. The molecule has 0 heterocycles. The van der Waals surface area contributed by atoms with E-state index in [2.05, 4.69) is 10.9 Å². The third kappa shape index (κ3) is 3.06. The Morgan fingerprint density at radius 3 is 2.64 bits per heavy atom. The Morgan fingerprint density at radius 2 is 2.07 bits per heavy atom. The molecule has 1 aromatic rings. The molecule has 76 valence electrons.